The Hall–Kier alpha value is -1.66. The highest BCUT2D eigenvalue weighted by atomic mass is 35.5. The van der Waals surface area contributed by atoms with Crippen molar-refractivity contribution < 1.29 is 21.9 Å². The van der Waals surface area contributed by atoms with Gasteiger partial charge in [-0.25, -0.2) is 17.2 Å². The van der Waals surface area contributed by atoms with Gasteiger partial charge in [0.05, 0.1) is 4.90 Å². The largest absolute Gasteiger partial charge is 0.451 e. The van der Waals surface area contributed by atoms with Crippen LogP contribution in [0.2, 0.25) is 0 Å². The Kier molecular flexibility index (Phi) is 4.49. The Morgan fingerprint density at radius 2 is 1.62 bits per heavy atom. The topological polar surface area (TPSA) is 43.4 Å². The molecule has 21 heavy (non-hydrogen) atoms. The summed E-state index contributed by atoms with van der Waals surface area (Å²) in [5.41, 5.74) is 0.298. The van der Waals surface area contributed by atoms with Crippen molar-refractivity contribution in [3.8, 4) is 11.5 Å². The van der Waals surface area contributed by atoms with E-state index in [1.54, 1.807) is 0 Å². The van der Waals surface area contributed by atoms with Gasteiger partial charge >= 0.3 is 0 Å². The van der Waals surface area contributed by atoms with E-state index >= 15 is 0 Å². The molecule has 0 aliphatic heterocycles. The Labute approximate surface area is 126 Å². The van der Waals surface area contributed by atoms with Crippen molar-refractivity contribution in [1.29, 1.82) is 0 Å². The van der Waals surface area contributed by atoms with Gasteiger partial charge in [0.1, 0.15) is 5.75 Å². The third-order valence-corrected chi connectivity index (χ3v) is 4.12. The van der Waals surface area contributed by atoms with Crippen molar-refractivity contribution in [2.45, 2.75) is 10.8 Å². The van der Waals surface area contributed by atoms with Crippen molar-refractivity contribution in [1.82, 2.24) is 0 Å². The third kappa shape index (κ3) is 3.71. The van der Waals surface area contributed by atoms with E-state index in [0.29, 0.717) is 5.56 Å². The van der Waals surface area contributed by atoms with Crippen molar-refractivity contribution >= 4 is 21.4 Å². The highest BCUT2D eigenvalue weighted by Gasteiger charge is 2.14. The second kappa shape index (κ2) is 5.99. The molecule has 2 aromatic carbocycles. The minimum Gasteiger partial charge on any atom is -0.451 e. The van der Waals surface area contributed by atoms with Gasteiger partial charge in [-0.2, -0.15) is 0 Å². The van der Waals surface area contributed by atoms with Gasteiger partial charge in [-0.05, 0) is 42.0 Å². The smallest absolute Gasteiger partial charge is 0.198 e. The molecule has 2 aromatic rings. The molecule has 0 bridgehead atoms. The second-order valence-electron chi connectivity index (χ2n) is 4.37. The first-order valence-electron chi connectivity index (χ1n) is 5.83. The lowest BCUT2D eigenvalue weighted by Crippen LogP contribution is -1.98. The van der Waals surface area contributed by atoms with Gasteiger partial charge < -0.3 is 4.74 Å². The zero-order valence-electron chi connectivity index (χ0n) is 10.9. The van der Waals surface area contributed by atoms with Crippen LogP contribution in [0.4, 0.5) is 8.78 Å². The molecular formula is C14H11ClF2O3S. The van der Waals surface area contributed by atoms with Crippen LogP contribution in [0.3, 0.4) is 0 Å². The molecule has 0 saturated carbocycles. The van der Waals surface area contributed by atoms with Crippen molar-refractivity contribution in [3.63, 3.8) is 0 Å². The summed E-state index contributed by atoms with van der Waals surface area (Å²) in [5.74, 6) is -2.21. The molecule has 0 aliphatic carbocycles. The van der Waals surface area contributed by atoms with Crippen LogP contribution in [0, 0.1) is 11.6 Å². The predicted molar refractivity (Wildman–Crippen MR) is 75.5 cm³/mol. The molecule has 3 nitrogen and oxygen atoms in total. The minimum absolute atomic E-state index is 0.0167. The molecule has 0 unspecified atom stereocenters. The van der Waals surface area contributed by atoms with Gasteiger partial charge in [0.25, 0.3) is 0 Å². The maximum absolute atomic E-state index is 13.7. The highest BCUT2D eigenvalue weighted by molar-refractivity contribution is 7.90. The monoisotopic (exact) mass is 332 g/mol. The maximum Gasteiger partial charge on any atom is 0.198 e. The first-order chi connectivity index (χ1) is 9.81. The number of ether oxygens (including phenoxy) is 1. The molecule has 2 rings (SSSR count). The van der Waals surface area contributed by atoms with E-state index in [4.69, 9.17) is 16.3 Å². The summed E-state index contributed by atoms with van der Waals surface area (Å²) in [7, 11) is -3.34. The van der Waals surface area contributed by atoms with Crippen LogP contribution < -0.4 is 4.74 Å². The fraction of sp³-hybridized carbons (Fsp3) is 0.143. The van der Waals surface area contributed by atoms with Crippen LogP contribution in [0.25, 0.3) is 0 Å². The molecule has 0 radical (unpaired) electrons. The van der Waals surface area contributed by atoms with Crippen LogP contribution in [-0.2, 0) is 15.7 Å². The molecule has 0 atom stereocenters. The van der Waals surface area contributed by atoms with Crippen LogP contribution in [0.1, 0.15) is 5.56 Å². The van der Waals surface area contributed by atoms with Crippen molar-refractivity contribution in [3.05, 3.63) is 53.6 Å². The summed E-state index contributed by atoms with van der Waals surface area (Å²) in [4.78, 5) is 0.0910. The lowest BCUT2D eigenvalue weighted by molar-refractivity contribution is 0.406. The van der Waals surface area contributed by atoms with E-state index in [-0.39, 0.29) is 16.5 Å². The molecule has 7 heteroatoms. The SMILES string of the molecule is CS(=O)(=O)c1ccc(Oc2c(F)cc(CCl)cc2F)cc1. The third-order valence-electron chi connectivity index (χ3n) is 2.68. The zero-order valence-corrected chi connectivity index (χ0v) is 12.5. The van der Waals surface area contributed by atoms with E-state index in [9.17, 15) is 17.2 Å². The number of sulfone groups is 1. The fourth-order valence-corrected chi connectivity index (χ4v) is 2.44. The molecular weight excluding hydrogens is 322 g/mol. The van der Waals surface area contributed by atoms with Crippen LogP contribution in [0.5, 0.6) is 11.5 Å². The predicted octanol–water partition coefficient (Wildman–Crippen LogP) is 3.90. The van der Waals surface area contributed by atoms with E-state index < -0.39 is 27.2 Å². The Morgan fingerprint density at radius 3 is 2.05 bits per heavy atom. The molecule has 0 saturated heterocycles. The molecule has 0 amide bonds. The number of rotatable bonds is 4. The van der Waals surface area contributed by atoms with E-state index in [2.05, 4.69) is 0 Å². The van der Waals surface area contributed by atoms with Gasteiger partial charge in [0, 0.05) is 12.1 Å². The minimum atomic E-state index is -3.34. The molecule has 0 heterocycles. The average molecular weight is 333 g/mol. The summed E-state index contributed by atoms with van der Waals surface area (Å²) in [6.07, 6.45) is 1.06. The Bertz CT molecular complexity index is 735. The molecule has 0 aromatic heterocycles. The highest BCUT2D eigenvalue weighted by Crippen LogP contribution is 2.29. The number of halogens is 3. The van der Waals surface area contributed by atoms with Gasteiger partial charge in [0.2, 0.25) is 0 Å². The standard InChI is InChI=1S/C14H11ClF2O3S/c1-21(18,19)11-4-2-10(3-5-11)20-14-12(16)6-9(8-15)7-13(14)17/h2-7H,8H2,1H3. The van der Waals surface area contributed by atoms with E-state index in [1.165, 1.54) is 24.3 Å². The maximum atomic E-state index is 13.7. The molecule has 0 N–H and O–H groups in total. The van der Waals surface area contributed by atoms with Crippen LogP contribution in [0.15, 0.2) is 41.3 Å². The summed E-state index contributed by atoms with van der Waals surface area (Å²) in [6, 6.07) is 7.41. The molecule has 112 valence electrons. The summed E-state index contributed by atoms with van der Waals surface area (Å²) in [6.45, 7) is 0. The number of alkyl halides is 1. The first-order valence-corrected chi connectivity index (χ1v) is 8.25. The fourth-order valence-electron chi connectivity index (χ4n) is 1.66. The zero-order chi connectivity index (χ0) is 15.6. The second-order valence-corrected chi connectivity index (χ2v) is 6.65. The summed E-state index contributed by atoms with van der Waals surface area (Å²) >= 11 is 5.51. The molecule has 0 aliphatic rings. The van der Waals surface area contributed by atoms with Crippen LogP contribution >= 0.6 is 11.6 Å². The lowest BCUT2D eigenvalue weighted by atomic mass is 10.2. The van der Waals surface area contributed by atoms with Gasteiger partial charge in [0.15, 0.2) is 27.2 Å². The Balaban J connectivity index is 2.31. The van der Waals surface area contributed by atoms with Crippen LogP contribution in [-0.4, -0.2) is 14.7 Å². The Morgan fingerprint density at radius 1 is 1.10 bits per heavy atom. The van der Waals surface area contributed by atoms with E-state index in [0.717, 1.165) is 18.4 Å². The van der Waals surface area contributed by atoms with Crippen molar-refractivity contribution in [2.75, 3.05) is 6.26 Å². The normalized spacial score (nSPS) is 11.4. The average Bonchev–Trinajstić information content (AvgIpc) is 2.42. The van der Waals surface area contributed by atoms with E-state index in [1.807, 2.05) is 0 Å². The lowest BCUT2D eigenvalue weighted by Gasteiger charge is -2.09. The van der Waals surface area contributed by atoms with Crippen molar-refractivity contribution in [2.24, 2.45) is 0 Å². The summed E-state index contributed by atoms with van der Waals surface area (Å²) in [5, 5.41) is 0. The first kappa shape index (κ1) is 15.7. The molecule has 0 spiro atoms. The number of hydrogen-bond donors (Lipinski definition) is 0. The van der Waals surface area contributed by atoms with Gasteiger partial charge in [-0.1, -0.05) is 0 Å². The van der Waals surface area contributed by atoms with Gasteiger partial charge in [-0.3, -0.25) is 0 Å². The molecule has 0 fully saturated rings. The number of hydrogen-bond acceptors (Lipinski definition) is 3. The summed E-state index contributed by atoms with van der Waals surface area (Å²) < 4.78 is 55.2. The number of benzene rings is 2. The quantitative estimate of drug-likeness (QED) is 0.797. The van der Waals surface area contributed by atoms with Gasteiger partial charge in [-0.15, -0.1) is 11.6 Å².